The van der Waals surface area contributed by atoms with E-state index in [0.717, 1.165) is 6.26 Å². The van der Waals surface area contributed by atoms with Crippen LogP contribution >= 0.6 is 28.3 Å². The maximum atomic E-state index is 11.8. The van der Waals surface area contributed by atoms with Crippen molar-refractivity contribution in [2.24, 2.45) is 5.73 Å². The molecule has 0 aliphatic carbocycles. The largest absolute Gasteiger partial charge is 0.329 e. The Labute approximate surface area is 127 Å². The van der Waals surface area contributed by atoms with Crippen LogP contribution in [0.1, 0.15) is 0 Å². The number of nitrogens with two attached hydrogens (primary N) is 1. The predicted molar refractivity (Wildman–Crippen MR) is 78.7 cm³/mol. The molecule has 6 nitrogen and oxygen atoms in total. The molecule has 0 aliphatic heterocycles. The number of sulfonamides is 1. The average molecular weight is 394 g/mol. The zero-order valence-electron chi connectivity index (χ0n) is 9.96. The second-order valence-electron chi connectivity index (χ2n) is 3.55. The van der Waals surface area contributed by atoms with Crippen LogP contribution in [0, 0.1) is 0 Å². The number of rotatable bonds is 5. The molecule has 0 heterocycles. The number of hydrogen-bond donors (Lipinski definition) is 2. The summed E-state index contributed by atoms with van der Waals surface area (Å²) < 4.78 is 48.8. The van der Waals surface area contributed by atoms with Crippen LogP contribution in [0.4, 0.5) is 0 Å². The van der Waals surface area contributed by atoms with E-state index in [9.17, 15) is 16.8 Å². The fraction of sp³-hybridized carbons (Fsp3) is 0.333. The van der Waals surface area contributed by atoms with E-state index in [0.29, 0.717) is 0 Å². The fourth-order valence-corrected chi connectivity index (χ4v) is 4.12. The normalized spacial score (nSPS) is 11.9. The first-order chi connectivity index (χ1) is 8.18. The molecule has 0 aliphatic rings. The van der Waals surface area contributed by atoms with Gasteiger partial charge in [-0.2, -0.15) is 0 Å². The van der Waals surface area contributed by atoms with Crippen LogP contribution in [0.25, 0.3) is 0 Å². The molecular weight excluding hydrogens is 380 g/mol. The zero-order valence-corrected chi connectivity index (χ0v) is 14.0. The lowest BCUT2D eigenvalue weighted by atomic mass is 10.4. The summed E-state index contributed by atoms with van der Waals surface area (Å²) >= 11 is 3.05. The minimum absolute atomic E-state index is 0. The van der Waals surface area contributed by atoms with E-state index in [1.54, 1.807) is 0 Å². The molecule has 10 heteroatoms. The van der Waals surface area contributed by atoms with E-state index in [1.165, 1.54) is 18.2 Å². The van der Waals surface area contributed by atoms with Crippen molar-refractivity contribution >= 4 is 48.2 Å². The molecule has 1 aromatic rings. The van der Waals surface area contributed by atoms with E-state index in [2.05, 4.69) is 20.7 Å². The van der Waals surface area contributed by atoms with E-state index < -0.39 is 19.9 Å². The Bertz CT molecular complexity index is 646. The summed E-state index contributed by atoms with van der Waals surface area (Å²) in [6.45, 7) is 0.293. The van der Waals surface area contributed by atoms with Gasteiger partial charge >= 0.3 is 0 Å². The Balaban J connectivity index is 0.00000324. The molecule has 0 amide bonds. The minimum Gasteiger partial charge on any atom is -0.329 e. The van der Waals surface area contributed by atoms with Gasteiger partial charge in [0.05, 0.1) is 9.79 Å². The Kier molecular flexibility index (Phi) is 6.93. The number of hydrogen-bond acceptors (Lipinski definition) is 5. The third-order valence-corrected chi connectivity index (χ3v) is 5.61. The van der Waals surface area contributed by atoms with E-state index in [1.807, 2.05) is 0 Å². The first-order valence-electron chi connectivity index (χ1n) is 4.88. The summed E-state index contributed by atoms with van der Waals surface area (Å²) in [5, 5.41) is 0. The maximum absolute atomic E-state index is 11.8. The molecule has 110 valence electrons. The van der Waals surface area contributed by atoms with Crippen molar-refractivity contribution in [1.82, 2.24) is 4.72 Å². The topological polar surface area (TPSA) is 106 Å². The van der Waals surface area contributed by atoms with Crippen LogP contribution in [-0.2, 0) is 19.9 Å². The summed E-state index contributed by atoms with van der Waals surface area (Å²) in [5.74, 6) is 0. The van der Waals surface area contributed by atoms with Gasteiger partial charge < -0.3 is 5.73 Å². The standard InChI is InChI=1S/C9H13BrN2O4S2.ClH/c1-17(13,14)7-2-3-9(8(10)6-7)18(15,16)12-5-4-11;/h2-3,6,12H,4-5,11H2,1H3;1H. The van der Waals surface area contributed by atoms with Crippen molar-refractivity contribution in [1.29, 1.82) is 0 Å². The molecule has 3 N–H and O–H groups in total. The molecule has 1 aromatic carbocycles. The molecule has 0 saturated carbocycles. The maximum Gasteiger partial charge on any atom is 0.241 e. The Morgan fingerprint density at radius 2 is 1.84 bits per heavy atom. The van der Waals surface area contributed by atoms with Gasteiger partial charge in [-0.3, -0.25) is 0 Å². The molecule has 0 fully saturated rings. The van der Waals surface area contributed by atoms with Crippen LogP contribution in [0.15, 0.2) is 32.5 Å². The van der Waals surface area contributed by atoms with Crippen LogP contribution in [-0.4, -0.2) is 36.2 Å². The number of sulfone groups is 1. The van der Waals surface area contributed by atoms with Crippen molar-refractivity contribution in [2.75, 3.05) is 19.3 Å². The molecule has 0 bridgehead atoms. The summed E-state index contributed by atoms with van der Waals surface area (Å²) in [5.41, 5.74) is 5.22. The zero-order chi connectivity index (χ0) is 14.0. The molecule has 0 unspecified atom stereocenters. The van der Waals surface area contributed by atoms with Gasteiger partial charge in [0.1, 0.15) is 0 Å². The van der Waals surface area contributed by atoms with Crippen LogP contribution in [0.2, 0.25) is 0 Å². The average Bonchev–Trinajstić information content (AvgIpc) is 2.24. The second-order valence-corrected chi connectivity index (χ2v) is 8.16. The van der Waals surface area contributed by atoms with Gasteiger partial charge in [0.15, 0.2) is 9.84 Å². The van der Waals surface area contributed by atoms with Crippen LogP contribution in [0.5, 0.6) is 0 Å². The highest BCUT2D eigenvalue weighted by molar-refractivity contribution is 9.10. The highest BCUT2D eigenvalue weighted by atomic mass is 79.9. The van der Waals surface area contributed by atoms with Crippen molar-refractivity contribution in [3.8, 4) is 0 Å². The van der Waals surface area contributed by atoms with E-state index in [-0.39, 0.29) is 39.8 Å². The Morgan fingerprint density at radius 1 is 1.26 bits per heavy atom. The van der Waals surface area contributed by atoms with Gasteiger partial charge in [-0.15, -0.1) is 12.4 Å². The lowest BCUT2D eigenvalue weighted by molar-refractivity contribution is 0.581. The quantitative estimate of drug-likeness (QED) is 0.758. The molecule has 0 saturated heterocycles. The molecular formula is C9H14BrClN2O4S2. The molecule has 0 spiro atoms. The van der Waals surface area contributed by atoms with Crippen molar-refractivity contribution < 1.29 is 16.8 Å². The van der Waals surface area contributed by atoms with E-state index >= 15 is 0 Å². The van der Waals surface area contributed by atoms with Gasteiger partial charge in [0.25, 0.3) is 0 Å². The van der Waals surface area contributed by atoms with Crippen molar-refractivity contribution in [3.05, 3.63) is 22.7 Å². The van der Waals surface area contributed by atoms with Gasteiger partial charge in [0.2, 0.25) is 10.0 Å². The lowest BCUT2D eigenvalue weighted by Crippen LogP contribution is -2.29. The SMILES string of the molecule is CS(=O)(=O)c1ccc(S(=O)(=O)NCCN)c(Br)c1.Cl. The first kappa shape index (κ1) is 18.8. The van der Waals surface area contributed by atoms with Gasteiger partial charge in [-0.05, 0) is 34.1 Å². The molecule has 0 radical (unpaired) electrons. The van der Waals surface area contributed by atoms with E-state index in [4.69, 9.17) is 5.73 Å². The fourth-order valence-electron chi connectivity index (χ4n) is 1.20. The number of nitrogens with one attached hydrogen (secondary N) is 1. The van der Waals surface area contributed by atoms with Gasteiger partial charge in [0, 0.05) is 23.8 Å². The molecule has 1 rings (SSSR count). The molecule has 0 atom stereocenters. The van der Waals surface area contributed by atoms with Gasteiger partial charge in [-0.25, -0.2) is 21.6 Å². The Hall–Kier alpha value is -0.190. The monoisotopic (exact) mass is 392 g/mol. The Morgan fingerprint density at radius 3 is 2.26 bits per heavy atom. The highest BCUT2D eigenvalue weighted by Gasteiger charge is 2.19. The smallest absolute Gasteiger partial charge is 0.241 e. The molecule has 19 heavy (non-hydrogen) atoms. The summed E-state index contributed by atoms with van der Waals surface area (Å²) in [4.78, 5) is 0.0236. The third kappa shape index (κ3) is 5.01. The minimum atomic E-state index is -3.69. The van der Waals surface area contributed by atoms with Gasteiger partial charge in [-0.1, -0.05) is 0 Å². The first-order valence-corrected chi connectivity index (χ1v) is 9.04. The lowest BCUT2D eigenvalue weighted by Gasteiger charge is -2.08. The second kappa shape index (κ2) is 7.00. The number of benzene rings is 1. The number of halogens is 2. The van der Waals surface area contributed by atoms with Crippen LogP contribution in [0.3, 0.4) is 0 Å². The van der Waals surface area contributed by atoms with Crippen molar-refractivity contribution in [2.45, 2.75) is 9.79 Å². The van der Waals surface area contributed by atoms with Crippen molar-refractivity contribution in [3.63, 3.8) is 0 Å². The van der Waals surface area contributed by atoms with Crippen LogP contribution < -0.4 is 10.5 Å². The summed E-state index contributed by atoms with van der Waals surface area (Å²) in [6, 6.07) is 3.74. The predicted octanol–water partition coefficient (Wildman–Crippen LogP) is 0.511. The summed E-state index contributed by atoms with van der Waals surface area (Å²) in [6.07, 6.45) is 1.05. The molecule has 0 aromatic heterocycles. The summed E-state index contributed by atoms with van der Waals surface area (Å²) in [7, 11) is -7.06. The highest BCUT2D eigenvalue weighted by Crippen LogP contribution is 2.25. The third-order valence-electron chi connectivity index (χ3n) is 2.06.